The number of aromatic nitrogens is 1. The quantitative estimate of drug-likeness (QED) is 0.382. The minimum absolute atomic E-state index is 0.332. The maximum absolute atomic E-state index is 10.9. The highest BCUT2D eigenvalue weighted by atomic mass is 32.1. The van der Waals surface area contributed by atoms with E-state index in [0.29, 0.717) is 5.69 Å². The highest BCUT2D eigenvalue weighted by molar-refractivity contribution is 7.09. The van der Waals surface area contributed by atoms with Gasteiger partial charge in [0.2, 0.25) is 0 Å². The number of hydrogen-bond acceptors (Lipinski definition) is 4. The minimum Gasteiger partial charge on any atom is -0.289 e. The van der Waals surface area contributed by atoms with Gasteiger partial charge in [0, 0.05) is 5.38 Å². The van der Waals surface area contributed by atoms with Gasteiger partial charge in [-0.2, -0.15) is 0 Å². The maximum atomic E-state index is 10.9. The monoisotopic (exact) mass is 171 g/mol. The van der Waals surface area contributed by atoms with E-state index in [9.17, 15) is 4.79 Å². The average Bonchev–Trinajstić information content (AvgIpc) is 2.50. The molecule has 5 heteroatoms. The summed E-state index contributed by atoms with van der Waals surface area (Å²) in [4.78, 5) is 14.9. The normalized spacial score (nSPS) is 9.64. The van der Waals surface area contributed by atoms with Crippen molar-refractivity contribution >= 4 is 17.2 Å². The summed E-state index contributed by atoms with van der Waals surface area (Å²) in [5, 5.41) is 2.64. The van der Waals surface area contributed by atoms with Gasteiger partial charge in [-0.15, -0.1) is 11.3 Å². The largest absolute Gasteiger partial charge is 0.289 e. The first kappa shape index (κ1) is 8.16. The summed E-state index contributed by atoms with van der Waals surface area (Å²) >= 11 is 1.47. The molecule has 1 rings (SSSR count). The Labute approximate surface area is 68.4 Å². The first-order valence-corrected chi connectivity index (χ1v) is 4.11. The molecule has 0 aliphatic heterocycles. The van der Waals surface area contributed by atoms with E-state index in [-0.39, 0.29) is 5.91 Å². The van der Waals surface area contributed by atoms with E-state index in [2.05, 4.69) is 4.98 Å². The standard InChI is InChI=1S/C6H9N3OS/c1-2-5-8-4(3-11-5)6(10)9-7/h3H,2,7H2,1H3,(H,9,10). The van der Waals surface area contributed by atoms with Gasteiger partial charge in [0.15, 0.2) is 0 Å². The van der Waals surface area contributed by atoms with Gasteiger partial charge in [-0.1, -0.05) is 6.92 Å². The van der Waals surface area contributed by atoms with E-state index in [1.165, 1.54) is 11.3 Å². The molecule has 0 saturated heterocycles. The number of nitrogens with two attached hydrogens (primary N) is 1. The molecule has 11 heavy (non-hydrogen) atoms. The van der Waals surface area contributed by atoms with E-state index in [1.54, 1.807) is 5.38 Å². The molecule has 4 nitrogen and oxygen atoms in total. The van der Waals surface area contributed by atoms with Crippen molar-refractivity contribution in [1.82, 2.24) is 10.4 Å². The van der Waals surface area contributed by atoms with Gasteiger partial charge in [0.25, 0.3) is 5.91 Å². The predicted molar refractivity (Wildman–Crippen MR) is 43.1 cm³/mol. The number of nitrogens with one attached hydrogen (secondary N) is 1. The number of amides is 1. The van der Waals surface area contributed by atoms with Crippen LogP contribution in [0.15, 0.2) is 5.38 Å². The summed E-state index contributed by atoms with van der Waals surface area (Å²) in [7, 11) is 0. The van der Waals surface area contributed by atoms with Crippen LogP contribution in [0, 0.1) is 0 Å². The molecule has 0 saturated carbocycles. The Morgan fingerprint density at radius 3 is 3.09 bits per heavy atom. The van der Waals surface area contributed by atoms with Gasteiger partial charge in [-0.3, -0.25) is 10.2 Å². The molecular formula is C6H9N3OS. The lowest BCUT2D eigenvalue weighted by Crippen LogP contribution is -2.30. The molecule has 0 radical (unpaired) electrons. The fourth-order valence-corrected chi connectivity index (χ4v) is 1.38. The van der Waals surface area contributed by atoms with Crippen molar-refractivity contribution in [3.63, 3.8) is 0 Å². The van der Waals surface area contributed by atoms with Crippen LogP contribution in [0.4, 0.5) is 0 Å². The van der Waals surface area contributed by atoms with Gasteiger partial charge in [-0.05, 0) is 6.42 Å². The molecule has 0 fully saturated rings. The molecule has 0 atom stereocenters. The van der Waals surface area contributed by atoms with Gasteiger partial charge in [0.1, 0.15) is 5.69 Å². The van der Waals surface area contributed by atoms with Crippen LogP contribution in [0.2, 0.25) is 0 Å². The second kappa shape index (κ2) is 3.45. The number of hydrazine groups is 1. The highest BCUT2D eigenvalue weighted by Crippen LogP contribution is 2.09. The van der Waals surface area contributed by atoms with Crippen LogP contribution < -0.4 is 11.3 Å². The van der Waals surface area contributed by atoms with Crippen LogP contribution in [-0.2, 0) is 6.42 Å². The minimum atomic E-state index is -0.332. The number of carbonyl (C=O) groups is 1. The fourth-order valence-electron chi connectivity index (χ4n) is 0.652. The molecule has 1 heterocycles. The van der Waals surface area contributed by atoms with E-state index in [4.69, 9.17) is 5.84 Å². The molecule has 60 valence electrons. The molecule has 1 aromatic rings. The van der Waals surface area contributed by atoms with Crippen molar-refractivity contribution in [2.24, 2.45) is 5.84 Å². The van der Waals surface area contributed by atoms with Crippen LogP contribution in [0.1, 0.15) is 22.4 Å². The predicted octanol–water partition coefficient (Wildman–Crippen LogP) is 0.309. The van der Waals surface area contributed by atoms with Crippen molar-refractivity contribution in [2.45, 2.75) is 13.3 Å². The van der Waals surface area contributed by atoms with E-state index in [1.807, 2.05) is 12.3 Å². The lowest BCUT2D eigenvalue weighted by atomic mass is 10.4. The Balaban J connectivity index is 2.80. The van der Waals surface area contributed by atoms with E-state index >= 15 is 0 Å². The number of rotatable bonds is 2. The molecule has 0 bridgehead atoms. The van der Waals surface area contributed by atoms with Crippen LogP contribution in [0.5, 0.6) is 0 Å². The molecule has 0 aliphatic rings. The second-order valence-corrected chi connectivity index (χ2v) is 2.90. The third-order valence-electron chi connectivity index (χ3n) is 1.22. The summed E-state index contributed by atoms with van der Waals surface area (Å²) < 4.78 is 0. The van der Waals surface area contributed by atoms with Crippen molar-refractivity contribution in [3.8, 4) is 0 Å². The SMILES string of the molecule is CCc1nc(C(=O)NN)cs1. The fraction of sp³-hybridized carbons (Fsp3) is 0.333. The van der Waals surface area contributed by atoms with Crippen LogP contribution in [-0.4, -0.2) is 10.9 Å². The highest BCUT2D eigenvalue weighted by Gasteiger charge is 2.06. The Bertz CT molecular complexity index is 258. The Morgan fingerprint density at radius 2 is 2.64 bits per heavy atom. The van der Waals surface area contributed by atoms with Gasteiger partial charge in [-0.25, -0.2) is 10.8 Å². The molecule has 3 N–H and O–H groups in total. The molecule has 1 aromatic heterocycles. The van der Waals surface area contributed by atoms with Crippen molar-refractivity contribution < 1.29 is 4.79 Å². The first-order chi connectivity index (χ1) is 5.27. The Morgan fingerprint density at radius 1 is 1.91 bits per heavy atom. The number of carbonyl (C=O) groups excluding carboxylic acids is 1. The summed E-state index contributed by atoms with van der Waals surface area (Å²) in [6, 6.07) is 0. The summed E-state index contributed by atoms with van der Waals surface area (Å²) in [6.45, 7) is 1.99. The number of aryl methyl sites for hydroxylation is 1. The van der Waals surface area contributed by atoms with Crippen LogP contribution in [0.25, 0.3) is 0 Å². The lowest BCUT2D eigenvalue weighted by molar-refractivity contribution is 0.0949. The zero-order valence-electron chi connectivity index (χ0n) is 6.13. The summed E-state index contributed by atoms with van der Waals surface area (Å²) in [5.74, 6) is 4.59. The third-order valence-corrected chi connectivity index (χ3v) is 2.21. The molecule has 1 amide bonds. The summed E-state index contributed by atoms with van der Waals surface area (Å²) in [5.41, 5.74) is 2.42. The smallest absolute Gasteiger partial charge is 0.284 e. The third kappa shape index (κ3) is 1.75. The van der Waals surface area contributed by atoms with Crippen molar-refractivity contribution in [2.75, 3.05) is 0 Å². The first-order valence-electron chi connectivity index (χ1n) is 3.23. The molecule has 0 unspecified atom stereocenters. The maximum Gasteiger partial charge on any atom is 0.284 e. The van der Waals surface area contributed by atoms with Crippen molar-refractivity contribution in [3.05, 3.63) is 16.1 Å². The van der Waals surface area contributed by atoms with Crippen molar-refractivity contribution in [1.29, 1.82) is 0 Å². The number of thiazole rings is 1. The molecule has 0 aliphatic carbocycles. The van der Waals surface area contributed by atoms with Crippen LogP contribution >= 0.6 is 11.3 Å². The molecule has 0 spiro atoms. The van der Waals surface area contributed by atoms with E-state index < -0.39 is 0 Å². The Hall–Kier alpha value is -0.940. The Kier molecular flexibility index (Phi) is 2.56. The number of nitrogens with zero attached hydrogens (tertiary/aromatic N) is 1. The van der Waals surface area contributed by atoms with Gasteiger partial charge >= 0.3 is 0 Å². The molecule has 0 aromatic carbocycles. The van der Waals surface area contributed by atoms with E-state index in [0.717, 1.165) is 11.4 Å². The average molecular weight is 171 g/mol. The molecular weight excluding hydrogens is 162 g/mol. The lowest BCUT2D eigenvalue weighted by Gasteiger charge is -1.90. The topological polar surface area (TPSA) is 68.0 Å². The second-order valence-electron chi connectivity index (χ2n) is 1.95. The number of nitrogen functional groups attached to an aromatic ring is 1. The van der Waals surface area contributed by atoms with Crippen LogP contribution in [0.3, 0.4) is 0 Å². The van der Waals surface area contributed by atoms with Gasteiger partial charge in [0.05, 0.1) is 5.01 Å². The number of hydrogen-bond donors (Lipinski definition) is 2. The van der Waals surface area contributed by atoms with Gasteiger partial charge < -0.3 is 0 Å². The zero-order valence-corrected chi connectivity index (χ0v) is 6.94. The summed E-state index contributed by atoms with van der Waals surface area (Å²) in [6.07, 6.45) is 0.850. The zero-order chi connectivity index (χ0) is 8.27.